The summed E-state index contributed by atoms with van der Waals surface area (Å²) in [5, 5.41) is 4.88. The van der Waals surface area contributed by atoms with Crippen LogP contribution >= 0.6 is 11.6 Å². The number of benzene rings is 2. The second kappa shape index (κ2) is 8.79. The number of aryl methyl sites for hydroxylation is 1. The lowest BCUT2D eigenvalue weighted by atomic mass is 9.79. The molecule has 0 fully saturated rings. The molecule has 6 nitrogen and oxygen atoms in total. The van der Waals surface area contributed by atoms with E-state index in [0.717, 1.165) is 15.8 Å². The largest absolute Gasteiger partial charge is 0.347 e. The van der Waals surface area contributed by atoms with E-state index in [9.17, 15) is 14.4 Å². The molecule has 1 aromatic heterocycles. The Kier molecular flexibility index (Phi) is 6.37. The van der Waals surface area contributed by atoms with E-state index in [4.69, 9.17) is 11.6 Å². The van der Waals surface area contributed by atoms with Crippen molar-refractivity contribution >= 4 is 23.7 Å². The van der Waals surface area contributed by atoms with Crippen LogP contribution in [-0.2, 0) is 28.1 Å². The fraction of sp³-hybridized carbons (Fsp3) is 0.304. The molecule has 3 aromatic rings. The third-order valence-corrected chi connectivity index (χ3v) is 5.30. The van der Waals surface area contributed by atoms with Crippen LogP contribution in [0.15, 0.2) is 53.3 Å². The molecule has 0 atom stereocenters. The van der Waals surface area contributed by atoms with Gasteiger partial charge in [-0.2, -0.15) is 0 Å². The molecule has 0 saturated carbocycles. The van der Waals surface area contributed by atoms with Crippen LogP contribution in [0, 0.1) is 6.92 Å². The van der Waals surface area contributed by atoms with Gasteiger partial charge in [-0.15, -0.1) is 5.10 Å². The van der Waals surface area contributed by atoms with Gasteiger partial charge < -0.3 is 4.79 Å². The third kappa shape index (κ3) is 4.76. The van der Waals surface area contributed by atoms with Gasteiger partial charge in [-0.1, -0.05) is 55.3 Å². The molecule has 0 unspecified atom stereocenters. The van der Waals surface area contributed by atoms with Gasteiger partial charge in [-0.05, 0) is 42.2 Å². The summed E-state index contributed by atoms with van der Waals surface area (Å²) < 4.78 is 2.39. The summed E-state index contributed by atoms with van der Waals surface area (Å²) >= 11 is 5.93. The Labute approximate surface area is 180 Å². The van der Waals surface area contributed by atoms with Crippen molar-refractivity contribution < 1.29 is 9.59 Å². The van der Waals surface area contributed by atoms with Gasteiger partial charge in [0.1, 0.15) is 12.8 Å². The third-order valence-electron chi connectivity index (χ3n) is 5.05. The summed E-state index contributed by atoms with van der Waals surface area (Å²) in [7, 11) is 0. The highest BCUT2D eigenvalue weighted by atomic mass is 35.5. The second-order valence-electron chi connectivity index (χ2n) is 8.02. The number of ketones is 1. The maximum absolute atomic E-state index is 12.8. The molecule has 1 heterocycles. The molecule has 0 aliphatic carbocycles. The lowest BCUT2D eigenvalue weighted by Crippen LogP contribution is -2.30. The van der Waals surface area contributed by atoms with Crippen LogP contribution in [0.3, 0.4) is 0 Å². The molecule has 0 N–H and O–H groups in total. The molecule has 0 bridgehead atoms. The van der Waals surface area contributed by atoms with Crippen LogP contribution in [0.5, 0.6) is 0 Å². The van der Waals surface area contributed by atoms with Gasteiger partial charge in [0, 0.05) is 17.0 Å². The maximum atomic E-state index is 12.8. The Balaban J connectivity index is 1.86. The highest BCUT2D eigenvalue weighted by molar-refractivity contribution is 6.30. The summed E-state index contributed by atoms with van der Waals surface area (Å²) in [6, 6.07) is 14.9. The molecule has 0 amide bonds. The number of carbonyl (C=O) groups is 2. The van der Waals surface area contributed by atoms with Gasteiger partial charge >= 0.3 is 5.69 Å². The topological polar surface area (TPSA) is 74.0 Å². The van der Waals surface area contributed by atoms with Crippen molar-refractivity contribution in [3.05, 3.63) is 75.2 Å². The van der Waals surface area contributed by atoms with Gasteiger partial charge in [0.25, 0.3) is 0 Å². The number of rotatable bonds is 8. The Morgan fingerprint density at radius 1 is 1.17 bits per heavy atom. The van der Waals surface area contributed by atoms with Crippen molar-refractivity contribution in [2.24, 2.45) is 0 Å². The van der Waals surface area contributed by atoms with E-state index >= 15 is 0 Å². The number of carbonyl (C=O) groups excluding carboxylic acids is 2. The Morgan fingerprint density at radius 3 is 2.50 bits per heavy atom. The molecular weight excluding hydrogens is 402 g/mol. The summed E-state index contributed by atoms with van der Waals surface area (Å²) in [6.45, 7) is 5.73. The van der Waals surface area contributed by atoms with Crippen LogP contribution in [-0.4, -0.2) is 26.4 Å². The number of Topliss-reactive ketones (excluding diaryl/α,β-unsaturated/α-hetero) is 1. The zero-order valence-electron chi connectivity index (χ0n) is 17.3. The zero-order valence-corrected chi connectivity index (χ0v) is 18.0. The van der Waals surface area contributed by atoms with Gasteiger partial charge in [0.15, 0.2) is 11.6 Å². The van der Waals surface area contributed by atoms with Crippen molar-refractivity contribution in [2.45, 2.75) is 45.7 Å². The van der Waals surface area contributed by atoms with Crippen LogP contribution in [0.25, 0.3) is 11.4 Å². The maximum Gasteiger partial charge on any atom is 0.347 e. The smallest absolute Gasteiger partial charge is 0.301 e. The molecule has 0 aliphatic heterocycles. The van der Waals surface area contributed by atoms with Gasteiger partial charge in [0.2, 0.25) is 0 Å². The number of halogens is 1. The van der Waals surface area contributed by atoms with Crippen molar-refractivity contribution in [1.29, 1.82) is 0 Å². The fourth-order valence-electron chi connectivity index (χ4n) is 3.48. The van der Waals surface area contributed by atoms with E-state index in [1.165, 1.54) is 4.57 Å². The average molecular weight is 426 g/mol. The average Bonchev–Trinajstić information content (AvgIpc) is 2.98. The van der Waals surface area contributed by atoms with Crippen molar-refractivity contribution in [3.63, 3.8) is 0 Å². The molecule has 0 aliphatic rings. The van der Waals surface area contributed by atoms with E-state index in [-0.39, 0.29) is 30.7 Å². The van der Waals surface area contributed by atoms with Gasteiger partial charge in [0.05, 0.1) is 6.54 Å². The van der Waals surface area contributed by atoms with E-state index in [1.54, 1.807) is 24.3 Å². The predicted octanol–water partition coefficient (Wildman–Crippen LogP) is 3.81. The highest BCUT2D eigenvalue weighted by Crippen LogP contribution is 2.28. The molecule has 0 spiro atoms. The summed E-state index contributed by atoms with van der Waals surface area (Å²) in [5.74, 6) is 0.219. The van der Waals surface area contributed by atoms with Crippen LogP contribution in [0.1, 0.15) is 31.4 Å². The molecular formula is C23H24ClN3O3. The van der Waals surface area contributed by atoms with Crippen LogP contribution < -0.4 is 5.69 Å². The number of aldehydes is 1. The Hall–Kier alpha value is -2.99. The first-order valence-electron chi connectivity index (χ1n) is 9.67. The second-order valence-corrected chi connectivity index (χ2v) is 8.45. The van der Waals surface area contributed by atoms with Gasteiger partial charge in [-0.25, -0.2) is 9.48 Å². The first-order valence-corrected chi connectivity index (χ1v) is 10.0. The van der Waals surface area contributed by atoms with Crippen molar-refractivity contribution in [1.82, 2.24) is 14.3 Å². The predicted molar refractivity (Wildman–Crippen MR) is 117 cm³/mol. The first kappa shape index (κ1) is 21.7. The minimum Gasteiger partial charge on any atom is -0.301 e. The molecule has 0 radical (unpaired) electrons. The highest BCUT2D eigenvalue weighted by Gasteiger charge is 2.25. The van der Waals surface area contributed by atoms with Crippen molar-refractivity contribution in [3.8, 4) is 11.4 Å². The Bertz CT molecular complexity index is 1130. The molecule has 7 heteroatoms. The first-order chi connectivity index (χ1) is 14.2. The quantitative estimate of drug-likeness (QED) is 0.514. The molecule has 30 heavy (non-hydrogen) atoms. The zero-order chi connectivity index (χ0) is 21.9. The normalized spacial score (nSPS) is 11.5. The van der Waals surface area contributed by atoms with E-state index in [0.29, 0.717) is 22.7 Å². The molecule has 156 valence electrons. The monoisotopic (exact) mass is 425 g/mol. The van der Waals surface area contributed by atoms with Crippen molar-refractivity contribution in [2.75, 3.05) is 0 Å². The SMILES string of the molecule is Cc1cccc(C(C)(C)CC(=O)Cn2nc(-c3ccc(Cl)cc3)n(CC=O)c2=O)c1. The van der Waals surface area contributed by atoms with E-state index < -0.39 is 5.69 Å². The number of hydrogen-bond donors (Lipinski definition) is 0. The van der Waals surface area contributed by atoms with E-state index in [1.807, 2.05) is 39.0 Å². The molecule has 0 saturated heterocycles. The van der Waals surface area contributed by atoms with Gasteiger partial charge in [-0.3, -0.25) is 9.36 Å². The van der Waals surface area contributed by atoms with E-state index in [2.05, 4.69) is 11.2 Å². The standard InChI is InChI=1S/C23H24ClN3O3/c1-16-5-4-6-18(13-16)23(2,3)14-20(29)15-27-22(30)26(11-12-28)21(25-27)17-7-9-19(24)10-8-17/h4-10,12-13H,11,14-15H2,1-3H3. The van der Waals surface area contributed by atoms with Crippen LogP contribution in [0.2, 0.25) is 5.02 Å². The molecule has 2 aromatic carbocycles. The molecule has 3 rings (SSSR count). The fourth-order valence-corrected chi connectivity index (χ4v) is 3.61. The number of nitrogens with zero attached hydrogens (tertiary/aromatic N) is 3. The minimum atomic E-state index is -0.492. The number of hydrogen-bond acceptors (Lipinski definition) is 4. The van der Waals surface area contributed by atoms with Crippen LogP contribution in [0.4, 0.5) is 0 Å². The summed E-state index contributed by atoms with van der Waals surface area (Å²) in [4.78, 5) is 36.6. The Morgan fingerprint density at radius 2 is 1.87 bits per heavy atom. The lowest BCUT2D eigenvalue weighted by molar-refractivity contribution is -0.120. The summed E-state index contributed by atoms with van der Waals surface area (Å²) in [5.41, 5.74) is 1.97. The summed E-state index contributed by atoms with van der Waals surface area (Å²) in [6.07, 6.45) is 0.898. The lowest BCUT2D eigenvalue weighted by Gasteiger charge is -2.24. The minimum absolute atomic E-state index is 0.109. The number of aromatic nitrogens is 3.